The molecule has 0 heterocycles. The monoisotopic (exact) mass is 363 g/mol. The minimum absolute atomic E-state index is 0.106. The maximum Gasteiger partial charge on any atom is 0.248 e. The van der Waals surface area contributed by atoms with Crippen LogP contribution in [0.4, 0.5) is 14.5 Å². The number of nitrogens with zero attached hydrogens (tertiary/aromatic N) is 1. The van der Waals surface area contributed by atoms with Gasteiger partial charge in [-0.2, -0.15) is 0 Å². The van der Waals surface area contributed by atoms with Crippen LogP contribution in [-0.4, -0.2) is 24.3 Å². The summed E-state index contributed by atoms with van der Waals surface area (Å²) in [5.41, 5.74) is 1.63. The first kappa shape index (κ1) is 18.5. The van der Waals surface area contributed by atoms with Gasteiger partial charge in [-0.15, -0.1) is 11.6 Å². The Morgan fingerprint density at radius 2 is 2.00 bits per heavy atom. The maximum absolute atomic E-state index is 13.3. The smallest absolute Gasteiger partial charge is 0.248 e. The van der Waals surface area contributed by atoms with Gasteiger partial charge in [-0.3, -0.25) is 4.79 Å². The summed E-state index contributed by atoms with van der Waals surface area (Å²) in [5, 5.41) is 0.585. The Morgan fingerprint density at radius 1 is 1.35 bits per heavy atom. The number of halogens is 4. The summed E-state index contributed by atoms with van der Waals surface area (Å²) < 4.78 is 26.6. The molecule has 0 radical (unpaired) electrons. The van der Waals surface area contributed by atoms with Crippen LogP contribution in [0.3, 0.4) is 0 Å². The van der Waals surface area contributed by atoms with E-state index in [-0.39, 0.29) is 37.5 Å². The van der Waals surface area contributed by atoms with E-state index in [1.807, 2.05) is 19.1 Å². The molecule has 0 saturated heterocycles. The third-order valence-corrected chi connectivity index (χ3v) is 4.99. The average molecular weight is 364 g/mol. The summed E-state index contributed by atoms with van der Waals surface area (Å²) >= 11 is 11.9. The SMILES string of the molecule is Cc1ccc(N(CCCCl)C(=O)C2CCC(F)(F)CC2)cc1Cl. The molecule has 1 aliphatic rings. The molecule has 1 aromatic carbocycles. The minimum Gasteiger partial charge on any atom is -0.312 e. The van der Waals surface area contributed by atoms with Crippen molar-refractivity contribution in [2.24, 2.45) is 5.92 Å². The minimum atomic E-state index is -2.63. The van der Waals surface area contributed by atoms with Crippen LogP contribution in [0.5, 0.6) is 0 Å². The molecule has 0 spiro atoms. The zero-order valence-electron chi connectivity index (χ0n) is 13.1. The number of rotatable bonds is 5. The van der Waals surface area contributed by atoms with E-state index in [4.69, 9.17) is 23.2 Å². The third-order valence-electron chi connectivity index (χ3n) is 4.31. The zero-order chi connectivity index (χ0) is 17.0. The maximum atomic E-state index is 13.3. The van der Waals surface area contributed by atoms with Crippen LogP contribution in [0.1, 0.15) is 37.7 Å². The van der Waals surface area contributed by atoms with Crippen LogP contribution < -0.4 is 4.90 Å². The molecule has 128 valence electrons. The van der Waals surface area contributed by atoms with Gasteiger partial charge < -0.3 is 4.90 Å². The van der Waals surface area contributed by atoms with Crippen LogP contribution in [0.25, 0.3) is 0 Å². The summed E-state index contributed by atoms with van der Waals surface area (Å²) in [7, 11) is 0. The van der Waals surface area contributed by atoms with E-state index in [1.165, 1.54) is 0 Å². The van der Waals surface area contributed by atoms with Crippen LogP contribution in [-0.2, 0) is 4.79 Å². The lowest BCUT2D eigenvalue weighted by Gasteiger charge is -2.32. The highest BCUT2D eigenvalue weighted by Crippen LogP contribution is 2.37. The van der Waals surface area contributed by atoms with Crippen molar-refractivity contribution in [3.05, 3.63) is 28.8 Å². The first-order valence-corrected chi connectivity index (χ1v) is 8.76. The molecule has 0 atom stereocenters. The number of amides is 1. The van der Waals surface area contributed by atoms with Gasteiger partial charge in [-0.05, 0) is 43.9 Å². The largest absolute Gasteiger partial charge is 0.312 e. The molecule has 1 aliphatic carbocycles. The van der Waals surface area contributed by atoms with E-state index < -0.39 is 5.92 Å². The van der Waals surface area contributed by atoms with Gasteiger partial charge >= 0.3 is 0 Å². The highest BCUT2D eigenvalue weighted by Gasteiger charge is 2.38. The highest BCUT2D eigenvalue weighted by molar-refractivity contribution is 6.31. The van der Waals surface area contributed by atoms with Crippen molar-refractivity contribution < 1.29 is 13.6 Å². The summed E-state index contributed by atoms with van der Waals surface area (Å²) in [6.45, 7) is 2.36. The third kappa shape index (κ3) is 4.80. The predicted molar refractivity (Wildman–Crippen MR) is 90.8 cm³/mol. The second-order valence-corrected chi connectivity index (χ2v) is 6.88. The molecule has 2 rings (SSSR count). The molecule has 6 heteroatoms. The normalized spacial score (nSPS) is 18.0. The van der Waals surface area contributed by atoms with Gasteiger partial charge in [0.25, 0.3) is 0 Å². The van der Waals surface area contributed by atoms with E-state index in [2.05, 4.69) is 0 Å². The van der Waals surface area contributed by atoms with E-state index in [1.54, 1.807) is 11.0 Å². The second-order valence-electron chi connectivity index (χ2n) is 6.10. The number of hydrogen-bond acceptors (Lipinski definition) is 1. The Labute approximate surface area is 145 Å². The lowest BCUT2D eigenvalue weighted by atomic mass is 9.85. The van der Waals surface area contributed by atoms with Crippen LogP contribution in [0.15, 0.2) is 18.2 Å². The fraction of sp³-hybridized carbons (Fsp3) is 0.588. The summed E-state index contributed by atoms with van der Waals surface area (Å²) in [6.07, 6.45) is 0.649. The Morgan fingerprint density at radius 3 is 2.57 bits per heavy atom. The van der Waals surface area contributed by atoms with E-state index in [9.17, 15) is 13.6 Å². The van der Waals surface area contributed by atoms with Crippen LogP contribution >= 0.6 is 23.2 Å². The molecule has 0 N–H and O–H groups in total. The van der Waals surface area contributed by atoms with Gasteiger partial charge in [0.05, 0.1) is 0 Å². The standard InChI is InChI=1S/C17H21Cl2F2NO/c1-12-3-4-14(11-15(12)19)22(10-2-9-18)16(23)13-5-7-17(20,21)8-6-13/h3-4,11,13H,2,5-10H2,1H3. The topological polar surface area (TPSA) is 20.3 Å². The summed E-state index contributed by atoms with van der Waals surface area (Å²) in [5.74, 6) is -2.66. The Balaban J connectivity index is 2.17. The predicted octanol–water partition coefficient (Wildman–Crippen LogP) is 5.44. The molecule has 23 heavy (non-hydrogen) atoms. The van der Waals surface area contributed by atoms with E-state index in [0.717, 1.165) is 5.56 Å². The molecule has 0 unspecified atom stereocenters. The van der Waals surface area contributed by atoms with Gasteiger partial charge in [-0.25, -0.2) is 8.78 Å². The fourth-order valence-corrected chi connectivity index (χ4v) is 3.14. The van der Waals surface area contributed by atoms with Gasteiger partial charge in [0.2, 0.25) is 11.8 Å². The number of anilines is 1. The fourth-order valence-electron chi connectivity index (χ4n) is 2.84. The summed E-state index contributed by atoms with van der Waals surface area (Å²) in [6, 6.07) is 5.44. The molecule has 0 aliphatic heterocycles. The van der Waals surface area contributed by atoms with Crippen molar-refractivity contribution >= 4 is 34.8 Å². The van der Waals surface area contributed by atoms with Crippen molar-refractivity contribution in [2.45, 2.75) is 45.0 Å². The first-order valence-electron chi connectivity index (χ1n) is 7.85. The molecule has 1 fully saturated rings. The zero-order valence-corrected chi connectivity index (χ0v) is 14.6. The number of benzene rings is 1. The van der Waals surface area contributed by atoms with Crippen molar-refractivity contribution in [1.29, 1.82) is 0 Å². The summed E-state index contributed by atoms with van der Waals surface area (Å²) in [4.78, 5) is 14.4. The Kier molecular flexibility index (Phi) is 6.26. The molecule has 1 amide bonds. The number of aryl methyl sites for hydroxylation is 1. The highest BCUT2D eigenvalue weighted by atomic mass is 35.5. The lowest BCUT2D eigenvalue weighted by Crippen LogP contribution is -2.40. The van der Waals surface area contributed by atoms with E-state index in [0.29, 0.717) is 29.6 Å². The van der Waals surface area contributed by atoms with E-state index >= 15 is 0 Å². The molecule has 1 saturated carbocycles. The number of carbonyl (C=O) groups is 1. The number of alkyl halides is 3. The second kappa shape index (κ2) is 7.80. The molecular formula is C17H21Cl2F2NO. The Hall–Kier alpha value is -0.870. The number of hydrogen-bond donors (Lipinski definition) is 0. The lowest BCUT2D eigenvalue weighted by molar-refractivity contribution is -0.126. The van der Waals surface area contributed by atoms with Gasteiger partial charge in [0.1, 0.15) is 0 Å². The molecule has 0 bridgehead atoms. The van der Waals surface area contributed by atoms with Gasteiger partial charge in [0.15, 0.2) is 0 Å². The quantitative estimate of drug-likeness (QED) is 0.638. The molecule has 0 aromatic heterocycles. The van der Waals surface area contributed by atoms with Crippen molar-refractivity contribution in [3.8, 4) is 0 Å². The molecular weight excluding hydrogens is 343 g/mol. The Bertz CT molecular complexity index is 556. The molecule has 2 nitrogen and oxygen atoms in total. The molecule has 1 aromatic rings. The van der Waals surface area contributed by atoms with Crippen molar-refractivity contribution in [2.75, 3.05) is 17.3 Å². The van der Waals surface area contributed by atoms with Gasteiger partial charge in [-0.1, -0.05) is 17.7 Å². The average Bonchev–Trinajstić information content (AvgIpc) is 2.50. The first-order chi connectivity index (χ1) is 10.8. The van der Waals surface area contributed by atoms with Crippen molar-refractivity contribution in [1.82, 2.24) is 0 Å². The van der Waals surface area contributed by atoms with Crippen LogP contribution in [0, 0.1) is 12.8 Å². The van der Waals surface area contributed by atoms with Crippen molar-refractivity contribution in [3.63, 3.8) is 0 Å². The van der Waals surface area contributed by atoms with Crippen LogP contribution in [0.2, 0.25) is 5.02 Å². The number of carbonyl (C=O) groups excluding carboxylic acids is 1. The van der Waals surface area contributed by atoms with Gasteiger partial charge in [0, 0.05) is 41.9 Å².